The molecule has 0 aromatic heterocycles. The molecular formula is C27H28N2O8S. The minimum absolute atomic E-state index is 0.00166. The third kappa shape index (κ3) is 6.30. The fraction of sp³-hybridized carbons (Fsp3) is 0.222. The number of esters is 2. The number of nitrogens with one attached hydrogen (secondary N) is 1. The number of nitrogens with zero attached hydrogens (tertiary/aromatic N) is 1. The Balaban J connectivity index is 2.03. The highest BCUT2D eigenvalue weighted by Crippen LogP contribution is 2.31. The summed E-state index contributed by atoms with van der Waals surface area (Å²) in [5, 5.41) is 2.56. The molecule has 0 bridgehead atoms. The van der Waals surface area contributed by atoms with Crippen LogP contribution >= 0.6 is 0 Å². The quantitative estimate of drug-likeness (QED) is 0.407. The van der Waals surface area contributed by atoms with Gasteiger partial charge in [-0.1, -0.05) is 23.8 Å². The SMILES string of the molecule is COC(=O)c1cc(NC(=O)CN(c2ccc(C)cc2)S(=O)(=O)c2cc(C)ccc2OC)cc(C(=O)OC)c1. The number of amides is 1. The Morgan fingerprint density at radius 3 is 1.87 bits per heavy atom. The standard InChI is InChI=1S/C27H28N2O8S/c1-17-6-9-22(10-7-17)29(38(33,34)24-12-18(2)8-11-23(24)35-3)16-25(30)28-21-14-19(26(31)36-4)13-20(15-21)27(32)37-5/h6-15H,16H2,1-5H3,(H,28,30). The van der Waals surface area contributed by atoms with Gasteiger partial charge in [0.2, 0.25) is 5.91 Å². The number of carbonyl (C=O) groups excluding carboxylic acids is 3. The summed E-state index contributed by atoms with van der Waals surface area (Å²) >= 11 is 0. The molecule has 0 spiro atoms. The minimum Gasteiger partial charge on any atom is -0.495 e. The maximum absolute atomic E-state index is 13.8. The summed E-state index contributed by atoms with van der Waals surface area (Å²) in [6.07, 6.45) is 0. The number of ether oxygens (including phenoxy) is 3. The number of sulfonamides is 1. The van der Waals surface area contributed by atoms with E-state index in [1.807, 2.05) is 6.92 Å². The van der Waals surface area contributed by atoms with Gasteiger partial charge < -0.3 is 19.5 Å². The number of rotatable bonds is 9. The number of methoxy groups -OCH3 is 3. The Morgan fingerprint density at radius 1 is 0.789 bits per heavy atom. The molecule has 1 amide bonds. The highest BCUT2D eigenvalue weighted by molar-refractivity contribution is 7.93. The summed E-state index contributed by atoms with van der Waals surface area (Å²) in [5.41, 5.74) is 1.92. The van der Waals surface area contributed by atoms with Crippen LogP contribution in [0.25, 0.3) is 0 Å². The third-order valence-corrected chi connectivity index (χ3v) is 7.35. The zero-order valence-electron chi connectivity index (χ0n) is 21.6. The highest BCUT2D eigenvalue weighted by Gasteiger charge is 2.30. The number of benzene rings is 3. The summed E-state index contributed by atoms with van der Waals surface area (Å²) in [7, 11) is -0.559. The van der Waals surface area contributed by atoms with Gasteiger partial charge in [-0.25, -0.2) is 18.0 Å². The average Bonchev–Trinajstić information content (AvgIpc) is 2.91. The second-order valence-corrected chi connectivity index (χ2v) is 10.2. The van der Waals surface area contributed by atoms with Crippen molar-refractivity contribution < 1.29 is 37.0 Å². The zero-order chi connectivity index (χ0) is 28.0. The fourth-order valence-electron chi connectivity index (χ4n) is 3.63. The lowest BCUT2D eigenvalue weighted by atomic mass is 10.1. The zero-order valence-corrected chi connectivity index (χ0v) is 22.4. The molecule has 3 aromatic rings. The Morgan fingerprint density at radius 2 is 1.34 bits per heavy atom. The van der Waals surface area contributed by atoms with E-state index in [1.54, 1.807) is 43.3 Å². The summed E-state index contributed by atoms with van der Waals surface area (Å²) in [5.74, 6) is -2.07. The van der Waals surface area contributed by atoms with Crippen LogP contribution in [0.3, 0.4) is 0 Å². The van der Waals surface area contributed by atoms with Crippen LogP contribution in [0.2, 0.25) is 0 Å². The minimum atomic E-state index is -4.27. The maximum atomic E-state index is 13.8. The molecule has 11 heteroatoms. The van der Waals surface area contributed by atoms with E-state index in [-0.39, 0.29) is 33.1 Å². The Kier molecular flexibility index (Phi) is 8.74. The topological polar surface area (TPSA) is 128 Å². The van der Waals surface area contributed by atoms with Gasteiger partial charge in [-0.2, -0.15) is 0 Å². The Bertz CT molecular complexity index is 1430. The number of anilines is 2. The van der Waals surface area contributed by atoms with E-state index in [9.17, 15) is 22.8 Å². The Labute approximate surface area is 221 Å². The first-order chi connectivity index (χ1) is 18.0. The predicted octanol–water partition coefficient (Wildman–Crippen LogP) is 3.72. The molecule has 0 aliphatic carbocycles. The first-order valence-corrected chi connectivity index (χ1v) is 12.8. The van der Waals surface area contributed by atoms with Gasteiger partial charge in [0, 0.05) is 5.69 Å². The Hall–Kier alpha value is -4.38. The van der Waals surface area contributed by atoms with Gasteiger partial charge in [-0.3, -0.25) is 9.10 Å². The molecule has 200 valence electrons. The maximum Gasteiger partial charge on any atom is 0.337 e. The predicted molar refractivity (Wildman–Crippen MR) is 141 cm³/mol. The molecule has 0 radical (unpaired) electrons. The van der Waals surface area contributed by atoms with Crippen molar-refractivity contribution in [3.8, 4) is 5.75 Å². The molecule has 38 heavy (non-hydrogen) atoms. The summed E-state index contributed by atoms with van der Waals surface area (Å²) in [6, 6.07) is 15.3. The molecule has 0 heterocycles. The first kappa shape index (κ1) is 28.2. The van der Waals surface area contributed by atoms with E-state index in [4.69, 9.17) is 14.2 Å². The van der Waals surface area contributed by atoms with Crippen LogP contribution in [-0.4, -0.2) is 54.1 Å². The normalized spacial score (nSPS) is 10.9. The van der Waals surface area contributed by atoms with E-state index in [0.29, 0.717) is 5.56 Å². The van der Waals surface area contributed by atoms with Gasteiger partial charge in [-0.05, 0) is 61.9 Å². The van der Waals surface area contributed by atoms with Crippen LogP contribution in [-0.2, 0) is 24.3 Å². The van der Waals surface area contributed by atoms with Gasteiger partial charge in [-0.15, -0.1) is 0 Å². The van der Waals surface area contributed by atoms with E-state index in [0.717, 1.165) is 9.87 Å². The van der Waals surface area contributed by atoms with Crippen LogP contribution in [0, 0.1) is 13.8 Å². The molecule has 0 atom stereocenters. The molecule has 0 saturated carbocycles. The largest absolute Gasteiger partial charge is 0.495 e. The molecule has 3 rings (SSSR count). The second kappa shape index (κ2) is 11.8. The van der Waals surface area contributed by atoms with Gasteiger partial charge in [0.15, 0.2) is 0 Å². The van der Waals surface area contributed by atoms with Gasteiger partial charge >= 0.3 is 11.9 Å². The van der Waals surface area contributed by atoms with Crippen LogP contribution in [0.4, 0.5) is 11.4 Å². The van der Waals surface area contributed by atoms with Crippen molar-refractivity contribution in [3.63, 3.8) is 0 Å². The van der Waals surface area contributed by atoms with Crippen molar-refractivity contribution in [3.05, 3.63) is 82.9 Å². The van der Waals surface area contributed by atoms with Crippen LogP contribution < -0.4 is 14.4 Å². The summed E-state index contributed by atoms with van der Waals surface area (Å²) in [6.45, 7) is 2.99. The lowest BCUT2D eigenvalue weighted by molar-refractivity contribution is -0.114. The molecular weight excluding hydrogens is 512 g/mol. The van der Waals surface area contributed by atoms with Crippen molar-refractivity contribution in [2.75, 3.05) is 37.5 Å². The number of hydrogen-bond donors (Lipinski definition) is 1. The molecule has 0 aliphatic rings. The van der Waals surface area contributed by atoms with Crippen molar-refractivity contribution >= 4 is 39.2 Å². The van der Waals surface area contributed by atoms with E-state index >= 15 is 0 Å². The van der Waals surface area contributed by atoms with Crippen molar-refractivity contribution in [1.29, 1.82) is 0 Å². The third-order valence-electron chi connectivity index (χ3n) is 5.56. The van der Waals surface area contributed by atoms with Gasteiger partial charge in [0.05, 0.1) is 38.1 Å². The number of hydrogen-bond acceptors (Lipinski definition) is 8. The van der Waals surface area contributed by atoms with Crippen LogP contribution in [0.15, 0.2) is 65.6 Å². The van der Waals surface area contributed by atoms with Crippen molar-refractivity contribution in [2.45, 2.75) is 18.7 Å². The lowest BCUT2D eigenvalue weighted by Gasteiger charge is -2.25. The number of aryl methyl sites for hydroxylation is 2. The highest BCUT2D eigenvalue weighted by atomic mass is 32.2. The second-order valence-electron chi connectivity index (χ2n) is 8.33. The van der Waals surface area contributed by atoms with Crippen molar-refractivity contribution in [2.24, 2.45) is 0 Å². The smallest absolute Gasteiger partial charge is 0.337 e. The monoisotopic (exact) mass is 540 g/mol. The molecule has 10 nitrogen and oxygen atoms in total. The van der Waals surface area contributed by atoms with Gasteiger partial charge in [0.1, 0.15) is 17.2 Å². The van der Waals surface area contributed by atoms with Crippen LogP contribution in [0.1, 0.15) is 31.8 Å². The lowest BCUT2D eigenvalue weighted by Crippen LogP contribution is -2.38. The van der Waals surface area contributed by atoms with E-state index in [1.165, 1.54) is 45.6 Å². The molecule has 0 aliphatic heterocycles. The molecule has 1 N–H and O–H groups in total. The first-order valence-electron chi connectivity index (χ1n) is 11.4. The molecule has 0 saturated heterocycles. The summed E-state index contributed by atoms with van der Waals surface area (Å²) in [4.78, 5) is 37.3. The van der Waals surface area contributed by atoms with E-state index in [2.05, 4.69) is 5.32 Å². The van der Waals surface area contributed by atoms with Gasteiger partial charge in [0.25, 0.3) is 10.0 Å². The average molecular weight is 541 g/mol. The van der Waals surface area contributed by atoms with Crippen molar-refractivity contribution in [1.82, 2.24) is 0 Å². The molecule has 3 aromatic carbocycles. The molecule has 0 unspecified atom stereocenters. The van der Waals surface area contributed by atoms with Crippen LogP contribution in [0.5, 0.6) is 5.75 Å². The summed E-state index contributed by atoms with van der Waals surface area (Å²) < 4.78 is 43.4. The van der Waals surface area contributed by atoms with E-state index < -0.39 is 34.4 Å². The number of carbonyl (C=O) groups is 3. The fourth-order valence-corrected chi connectivity index (χ4v) is 5.30. The molecule has 0 fully saturated rings.